The molecule has 4 amide bonds. The number of nitrogens with one attached hydrogen (secondary N) is 2. The summed E-state index contributed by atoms with van der Waals surface area (Å²) in [7, 11) is -2.98. The summed E-state index contributed by atoms with van der Waals surface area (Å²) in [5.74, 6) is 0.612. The van der Waals surface area contributed by atoms with Crippen molar-refractivity contribution in [1.29, 1.82) is 0 Å². The van der Waals surface area contributed by atoms with Crippen molar-refractivity contribution in [1.82, 2.24) is 4.31 Å². The first-order valence-electron chi connectivity index (χ1n) is 9.90. The van der Waals surface area contributed by atoms with Crippen LogP contribution in [0.1, 0.15) is 12.5 Å². The number of allylic oxidation sites excluding steroid dienone is 1. The number of methoxy groups -OCH3 is 1. The van der Waals surface area contributed by atoms with Crippen LogP contribution in [-0.4, -0.2) is 31.9 Å². The zero-order chi connectivity index (χ0) is 23.8. The van der Waals surface area contributed by atoms with Gasteiger partial charge in [-0.15, -0.1) is 4.31 Å². The summed E-state index contributed by atoms with van der Waals surface area (Å²) in [5.41, 5.74) is 1.60. The molecule has 170 valence electrons. The van der Waals surface area contributed by atoms with E-state index in [-0.39, 0.29) is 4.31 Å². The van der Waals surface area contributed by atoms with Crippen LogP contribution in [0.3, 0.4) is 0 Å². The molecule has 8 nitrogen and oxygen atoms in total. The van der Waals surface area contributed by atoms with E-state index in [1.54, 1.807) is 91.9 Å². The molecule has 0 saturated carbocycles. The van der Waals surface area contributed by atoms with Crippen LogP contribution < -0.4 is 15.4 Å². The van der Waals surface area contributed by atoms with Crippen molar-refractivity contribution in [3.05, 3.63) is 95.9 Å². The fourth-order valence-corrected chi connectivity index (χ4v) is 4.15. The molecule has 0 fully saturated rings. The molecule has 2 N–H and O–H groups in total. The summed E-state index contributed by atoms with van der Waals surface area (Å²) in [4.78, 5) is 25.8. The molecule has 0 spiro atoms. The Labute approximate surface area is 192 Å². The number of carbonyl (C=O) groups is 2. The first-order valence-corrected chi connectivity index (χ1v) is 11.4. The zero-order valence-electron chi connectivity index (χ0n) is 18.1. The molecule has 3 aromatic carbocycles. The number of benzene rings is 3. The number of ether oxygens (including phenoxy) is 1. The molecule has 3 aromatic rings. The summed E-state index contributed by atoms with van der Waals surface area (Å²) in [6.45, 7) is 1.57. The monoisotopic (exact) mass is 465 g/mol. The number of anilines is 2. The Balaban J connectivity index is 1.94. The number of rotatable bonds is 6. The lowest BCUT2D eigenvalue weighted by atomic mass is 10.1. The standard InChI is InChI=1S/C24H23N3O5S/c1-18(19-13-15-22(32-2)16-14-19)17-33(30,31)27(23(28)25-20-9-5-3-6-10-20)24(29)26-21-11-7-4-8-12-21/h3-17H,1-2H3,(H,25,28)(H,26,29)/b18-17+. The number of urea groups is 2. The Kier molecular flexibility index (Phi) is 7.47. The van der Waals surface area contributed by atoms with Crippen molar-refractivity contribution in [2.45, 2.75) is 6.92 Å². The molecule has 0 saturated heterocycles. The molecular formula is C24H23N3O5S. The van der Waals surface area contributed by atoms with Crippen LogP contribution in [0.2, 0.25) is 0 Å². The molecule has 9 heteroatoms. The number of sulfonamides is 1. The molecule has 0 radical (unpaired) electrons. The van der Waals surface area contributed by atoms with Gasteiger partial charge < -0.3 is 15.4 Å². The lowest BCUT2D eigenvalue weighted by Gasteiger charge is -2.20. The summed E-state index contributed by atoms with van der Waals surface area (Å²) >= 11 is 0. The van der Waals surface area contributed by atoms with E-state index in [1.807, 2.05) is 0 Å². The largest absolute Gasteiger partial charge is 0.497 e. The van der Waals surface area contributed by atoms with Crippen LogP contribution in [0.25, 0.3) is 5.57 Å². The number of para-hydroxylation sites is 2. The first-order chi connectivity index (χ1) is 15.8. The van der Waals surface area contributed by atoms with Gasteiger partial charge in [-0.05, 0) is 54.5 Å². The van der Waals surface area contributed by atoms with Crippen LogP contribution in [-0.2, 0) is 10.0 Å². The van der Waals surface area contributed by atoms with Gasteiger partial charge in [0.2, 0.25) is 0 Å². The molecule has 3 rings (SSSR count). The number of imide groups is 1. The van der Waals surface area contributed by atoms with Crippen LogP contribution in [0.5, 0.6) is 5.75 Å². The fourth-order valence-electron chi connectivity index (χ4n) is 2.91. The van der Waals surface area contributed by atoms with Crippen molar-refractivity contribution >= 4 is 39.0 Å². The van der Waals surface area contributed by atoms with Gasteiger partial charge in [-0.1, -0.05) is 48.5 Å². The average molecular weight is 466 g/mol. The minimum atomic E-state index is -4.51. The van der Waals surface area contributed by atoms with E-state index < -0.39 is 22.1 Å². The summed E-state index contributed by atoms with van der Waals surface area (Å²) < 4.78 is 31.7. The Hall–Kier alpha value is -4.11. The predicted molar refractivity (Wildman–Crippen MR) is 128 cm³/mol. The van der Waals surface area contributed by atoms with Crippen LogP contribution in [0, 0.1) is 0 Å². The van der Waals surface area contributed by atoms with Gasteiger partial charge in [-0.25, -0.2) is 18.0 Å². The lowest BCUT2D eigenvalue weighted by Crippen LogP contribution is -2.45. The quantitative estimate of drug-likeness (QED) is 0.524. The van der Waals surface area contributed by atoms with Crippen LogP contribution >= 0.6 is 0 Å². The van der Waals surface area contributed by atoms with Gasteiger partial charge in [0.1, 0.15) is 5.75 Å². The molecule has 0 aliphatic carbocycles. The smallest absolute Gasteiger partial charge is 0.344 e. The third-order valence-corrected chi connectivity index (χ3v) is 6.04. The zero-order valence-corrected chi connectivity index (χ0v) is 18.9. The topological polar surface area (TPSA) is 105 Å². The summed E-state index contributed by atoms with van der Waals surface area (Å²) in [6.07, 6.45) is 0. The minimum Gasteiger partial charge on any atom is -0.497 e. The van der Waals surface area contributed by atoms with Gasteiger partial charge in [0.15, 0.2) is 0 Å². The van der Waals surface area contributed by atoms with Crippen molar-refractivity contribution in [2.24, 2.45) is 0 Å². The second-order valence-corrected chi connectivity index (χ2v) is 8.56. The third kappa shape index (κ3) is 6.20. The van der Waals surface area contributed by atoms with Gasteiger partial charge >= 0.3 is 12.1 Å². The summed E-state index contributed by atoms with van der Waals surface area (Å²) in [6, 6.07) is 21.0. The Morgan fingerprint density at radius 1 is 0.788 bits per heavy atom. The lowest BCUT2D eigenvalue weighted by molar-refractivity contribution is 0.223. The average Bonchev–Trinajstić information content (AvgIpc) is 2.80. The Morgan fingerprint density at radius 3 is 1.67 bits per heavy atom. The van der Waals surface area contributed by atoms with Crippen molar-refractivity contribution in [3.63, 3.8) is 0 Å². The highest BCUT2D eigenvalue weighted by atomic mass is 32.2. The van der Waals surface area contributed by atoms with Gasteiger partial charge in [-0.2, -0.15) is 0 Å². The molecule has 0 aliphatic heterocycles. The SMILES string of the molecule is COc1ccc(/C(C)=C/S(=O)(=O)N(C(=O)Nc2ccccc2)C(=O)Nc2ccccc2)cc1. The molecule has 0 aromatic heterocycles. The van der Waals surface area contributed by atoms with Crippen molar-refractivity contribution in [3.8, 4) is 5.75 Å². The second kappa shape index (κ2) is 10.5. The van der Waals surface area contributed by atoms with E-state index >= 15 is 0 Å². The molecule has 0 atom stereocenters. The number of hydrogen-bond acceptors (Lipinski definition) is 5. The third-order valence-electron chi connectivity index (χ3n) is 4.54. The number of hydrogen-bond donors (Lipinski definition) is 2. The predicted octanol–water partition coefficient (Wildman–Crippen LogP) is 5.15. The second-order valence-electron chi connectivity index (χ2n) is 6.93. The van der Waals surface area contributed by atoms with Gasteiger partial charge in [0, 0.05) is 11.4 Å². The fraction of sp³-hybridized carbons (Fsp3) is 0.0833. The molecule has 0 bridgehead atoms. The maximum absolute atomic E-state index is 13.2. The van der Waals surface area contributed by atoms with E-state index in [0.717, 1.165) is 5.41 Å². The Bertz CT molecular complexity index is 1190. The van der Waals surface area contributed by atoms with Crippen LogP contribution in [0.15, 0.2) is 90.3 Å². The van der Waals surface area contributed by atoms with Gasteiger partial charge in [0.25, 0.3) is 10.0 Å². The van der Waals surface area contributed by atoms with E-state index in [0.29, 0.717) is 28.3 Å². The van der Waals surface area contributed by atoms with E-state index in [4.69, 9.17) is 4.74 Å². The van der Waals surface area contributed by atoms with E-state index in [1.165, 1.54) is 7.11 Å². The van der Waals surface area contributed by atoms with Crippen molar-refractivity contribution in [2.75, 3.05) is 17.7 Å². The summed E-state index contributed by atoms with van der Waals surface area (Å²) in [5, 5.41) is 5.77. The molecule has 0 aliphatic rings. The van der Waals surface area contributed by atoms with Gasteiger partial charge in [0.05, 0.1) is 12.5 Å². The molecule has 0 unspecified atom stereocenters. The highest BCUT2D eigenvalue weighted by molar-refractivity contribution is 7.93. The minimum absolute atomic E-state index is 0.167. The highest BCUT2D eigenvalue weighted by Crippen LogP contribution is 2.21. The normalized spacial score (nSPS) is 11.4. The number of amides is 4. The maximum Gasteiger partial charge on any atom is 0.344 e. The van der Waals surface area contributed by atoms with Crippen molar-refractivity contribution < 1.29 is 22.7 Å². The Morgan fingerprint density at radius 2 is 1.24 bits per heavy atom. The number of nitrogens with zero attached hydrogens (tertiary/aromatic N) is 1. The number of carbonyl (C=O) groups excluding carboxylic acids is 2. The van der Waals surface area contributed by atoms with Crippen LogP contribution in [0.4, 0.5) is 21.0 Å². The molecule has 0 heterocycles. The molecular weight excluding hydrogens is 442 g/mol. The van der Waals surface area contributed by atoms with Gasteiger partial charge in [-0.3, -0.25) is 0 Å². The molecule has 33 heavy (non-hydrogen) atoms. The highest BCUT2D eigenvalue weighted by Gasteiger charge is 2.33. The first kappa shape index (κ1) is 23.6. The van der Waals surface area contributed by atoms with E-state index in [2.05, 4.69) is 10.6 Å². The maximum atomic E-state index is 13.2. The van der Waals surface area contributed by atoms with E-state index in [9.17, 15) is 18.0 Å².